The van der Waals surface area contributed by atoms with E-state index in [9.17, 15) is 4.79 Å². The van der Waals surface area contributed by atoms with Gasteiger partial charge in [0.2, 0.25) is 5.91 Å². The first kappa shape index (κ1) is 17.4. The lowest BCUT2D eigenvalue weighted by Gasteiger charge is -2.26. The summed E-state index contributed by atoms with van der Waals surface area (Å²) < 4.78 is 5.62. The molecule has 0 aliphatic rings. The maximum atomic E-state index is 12.2. The van der Waals surface area contributed by atoms with Crippen molar-refractivity contribution >= 4 is 23.1 Å². The van der Waals surface area contributed by atoms with Gasteiger partial charge in [0.25, 0.3) is 0 Å². The molecule has 21 heavy (non-hydrogen) atoms. The molecule has 1 amide bonds. The Labute approximate surface area is 132 Å². The SMILES string of the molecule is Cc1cccc(OCCC(=O)N(CCC(N)=S)C(C)C)c1. The number of hydrogen-bond acceptors (Lipinski definition) is 3. The van der Waals surface area contributed by atoms with Gasteiger partial charge in [-0.05, 0) is 38.5 Å². The molecule has 0 bridgehead atoms. The predicted molar refractivity (Wildman–Crippen MR) is 89.5 cm³/mol. The van der Waals surface area contributed by atoms with Crippen molar-refractivity contribution in [2.24, 2.45) is 5.73 Å². The first-order chi connectivity index (χ1) is 9.90. The number of carbonyl (C=O) groups is 1. The third-order valence-corrected chi connectivity index (χ3v) is 3.32. The molecule has 2 N–H and O–H groups in total. The molecular formula is C16H24N2O2S. The van der Waals surface area contributed by atoms with Crippen molar-refractivity contribution in [3.63, 3.8) is 0 Å². The van der Waals surface area contributed by atoms with Gasteiger partial charge in [-0.1, -0.05) is 24.4 Å². The zero-order chi connectivity index (χ0) is 15.8. The number of thiocarbonyl (C=S) groups is 1. The Morgan fingerprint density at radius 2 is 2.10 bits per heavy atom. The van der Waals surface area contributed by atoms with E-state index in [0.717, 1.165) is 11.3 Å². The van der Waals surface area contributed by atoms with E-state index in [-0.39, 0.29) is 11.9 Å². The number of nitrogens with zero attached hydrogens (tertiary/aromatic N) is 1. The molecular weight excluding hydrogens is 284 g/mol. The molecule has 0 unspecified atom stereocenters. The smallest absolute Gasteiger partial charge is 0.226 e. The summed E-state index contributed by atoms with van der Waals surface area (Å²) in [6, 6.07) is 7.93. The fourth-order valence-corrected chi connectivity index (χ4v) is 2.10. The molecule has 5 heteroatoms. The summed E-state index contributed by atoms with van der Waals surface area (Å²) in [6.07, 6.45) is 0.904. The van der Waals surface area contributed by atoms with Crippen LogP contribution < -0.4 is 10.5 Å². The highest BCUT2D eigenvalue weighted by atomic mass is 32.1. The van der Waals surface area contributed by atoms with Crippen LogP contribution in [0.1, 0.15) is 32.3 Å². The van der Waals surface area contributed by atoms with Crippen LogP contribution in [0.4, 0.5) is 0 Å². The normalized spacial score (nSPS) is 10.5. The van der Waals surface area contributed by atoms with Gasteiger partial charge in [0.15, 0.2) is 0 Å². The summed E-state index contributed by atoms with van der Waals surface area (Å²) in [5.74, 6) is 0.857. The van der Waals surface area contributed by atoms with E-state index in [1.54, 1.807) is 4.90 Å². The van der Waals surface area contributed by atoms with E-state index in [1.165, 1.54) is 0 Å². The molecule has 0 spiro atoms. The molecule has 0 saturated carbocycles. The summed E-state index contributed by atoms with van der Waals surface area (Å²) in [5.41, 5.74) is 6.64. The standard InChI is InChI=1S/C16H24N2O2S/c1-12(2)18(9-7-15(17)21)16(19)8-10-20-14-6-4-5-13(3)11-14/h4-6,11-12H,7-10H2,1-3H3,(H2,17,21). The van der Waals surface area contributed by atoms with E-state index in [1.807, 2.05) is 45.0 Å². The van der Waals surface area contributed by atoms with Crippen LogP contribution in [-0.2, 0) is 4.79 Å². The van der Waals surface area contributed by atoms with Crippen molar-refractivity contribution in [2.75, 3.05) is 13.2 Å². The average Bonchev–Trinajstić information content (AvgIpc) is 2.38. The number of rotatable bonds is 8. The number of ether oxygens (including phenoxy) is 1. The highest BCUT2D eigenvalue weighted by Gasteiger charge is 2.16. The molecule has 0 saturated heterocycles. The number of hydrogen-bond donors (Lipinski definition) is 1. The van der Waals surface area contributed by atoms with Gasteiger partial charge in [0.05, 0.1) is 18.0 Å². The van der Waals surface area contributed by atoms with E-state index in [4.69, 9.17) is 22.7 Å². The van der Waals surface area contributed by atoms with Crippen LogP contribution in [0.15, 0.2) is 24.3 Å². The van der Waals surface area contributed by atoms with Crippen LogP contribution in [-0.4, -0.2) is 35.0 Å². The zero-order valence-electron chi connectivity index (χ0n) is 13.0. The van der Waals surface area contributed by atoms with Gasteiger partial charge < -0.3 is 15.4 Å². The molecule has 4 nitrogen and oxygen atoms in total. The van der Waals surface area contributed by atoms with Crippen molar-refractivity contribution in [1.82, 2.24) is 4.90 Å². The molecule has 0 radical (unpaired) electrons. The van der Waals surface area contributed by atoms with Gasteiger partial charge in [-0.3, -0.25) is 4.79 Å². The second-order valence-electron chi connectivity index (χ2n) is 5.31. The van der Waals surface area contributed by atoms with Gasteiger partial charge in [0.1, 0.15) is 5.75 Å². The Kier molecular flexibility index (Phi) is 7.15. The largest absolute Gasteiger partial charge is 0.493 e. The zero-order valence-corrected chi connectivity index (χ0v) is 13.8. The number of nitrogens with two attached hydrogens (primary N) is 1. The lowest BCUT2D eigenvalue weighted by atomic mass is 10.2. The van der Waals surface area contributed by atoms with E-state index in [0.29, 0.717) is 31.0 Å². The highest BCUT2D eigenvalue weighted by Crippen LogP contribution is 2.13. The second-order valence-corrected chi connectivity index (χ2v) is 5.84. The van der Waals surface area contributed by atoms with Gasteiger partial charge in [0, 0.05) is 19.0 Å². The minimum absolute atomic E-state index is 0.0638. The molecule has 0 atom stereocenters. The summed E-state index contributed by atoms with van der Waals surface area (Å²) in [7, 11) is 0. The Morgan fingerprint density at radius 3 is 2.67 bits per heavy atom. The van der Waals surface area contributed by atoms with Crippen molar-refractivity contribution in [3.05, 3.63) is 29.8 Å². The number of amides is 1. The van der Waals surface area contributed by atoms with Gasteiger partial charge in [-0.15, -0.1) is 0 Å². The number of aryl methyl sites for hydroxylation is 1. The van der Waals surface area contributed by atoms with E-state index < -0.39 is 0 Å². The molecule has 116 valence electrons. The third-order valence-electron chi connectivity index (χ3n) is 3.12. The first-order valence-corrected chi connectivity index (χ1v) is 7.58. The summed E-state index contributed by atoms with van der Waals surface area (Å²) in [4.78, 5) is 14.4. The van der Waals surface area contributed by atoms with Crippen LogP contribution in [0, 0.1) is 6.92 Å². The Balaban J connectivity index is 2.44. The van der Waals surface area contributed by atoms with Gasteiger partial charge in [-0.25, -0.2) is 0 Å². The van der Waals surface area contributed by atoms with Crippen molar-refractivity contribution in [2.45, 2.75) is 39.7 Å². The number of carbonyl (C=O) groups excluding carboxylic acids is 1. The summed E-state index contributed by atoms with van der Waals surface area (Å²) in [6.45, 7) is 6.92. The van der Waals surface area contributed by atoms with Crippen molar-refractivity contribution in [3.8, 4) is 5.75 Å². The lowest BCUT2D eigenvalue weighted by Crippen LogP contribution is -2.39. The molecule has 1 aromatic rings. The predicted octanol–water partition coefficient (Wildman–Crippen LogP) is 2.68. The first-order valence-electron chi connectivity index (χ1n) is 7.17. The van der Waals surface area contributed by atoms with Crippen LogP contribution in [0.25, 0.3) is 0 Å². The molecule has 0 aliphatic heterocycles. The van der Waals surface area contributed by atoms with Crippen LogP contribution in [0.5, 0.6) is 5.75 Å². The summed E-state index contributed by atoms with van der Waals surface area (Å²) >= 11 is 4.87. The topological polar surface area (TPSA) is 55.6 Å². The molecule has 0 heterocycles. The molecule has 1 rings (SSSR count). The van der Waals surface area contributed by atoms with Crippen LogP contribution in [0.3, 0.4) is 0 Å². The molecule has 0 aromatic heterocycles. The fraction of sp³-hybridized carbons (Fsp3) is 0.500. The average molecular weight is 308 g/mol. The lowest BCUT2D eigenvalue weighted by molar-refractivity contribution is -0.133. The third kappa shape index (κ3) is 6.58. The van der Waals surface area contributed by atoms with Crippen LogP contribution in [0.2, 0.25) is 0 Å². The molecule has 1 aromatic carbocycles. The van der Waals surface area contributed by atoms with Gasteiger partial charge in [-0.2, -0.15) is 0 Å². The summed E-state index contributed by atoms with van der Waals surface area (Å²) in [5, 5.41) is 0. The van der Waals surface area contributed by atoms with Gasteiger partial charge >= 0.3 is 0 Å². The van der Waals surface area contributed by atoms with Crippen molar-refractivity contribution in [1.29, 1.82) is 0 Å². The monoisotopic (exact) mass is 308 g/mol. The maximum Gasteiger partial charge on any atom is 0.226 e. The quantitative estimate of drug-likeness (QED) is 0.750. The Morgan fingerprint density at radius 1 is 1.38 bits per heavy atom. The van der Waals surface area contributed by atoms with E-state index >= 15 is 0 Å². The minimum atomic E-state index is 0.0638. The van der Waals surface area contributed by atoms with Crippen molar-refractivity contribution < 1.29 is 9.53 Å². The molecule has 0 fully saturated rings. The highest BCUT2D eigenvalue weighted by molar-refractivity contribution is 7.80. The fourth-order valence-electron chi connectivity index (χ4n) is 2.01. The van der Waals surface area contributed by atoms with E-state index in [2.05, 4.69) is 0 Å². The molecule has 0 aliphatic carbocycles. The Bertz CT molecular complexity index is 489. The minimum Gasteiger partial charge on any atom is -0.493 e. The second kappa shape index (κ2) is 8.62. The number of benzene rings is 1. The Hall–Kier alpha value is -1.62. The maximum absolute atomic E-state index is 12.2. The van der Waals surface area contributed by atoms with Crippen LogP contribution >= 0.6 is 12.2 Å².